The molecule has 2 aromatic rings. The van der Waals surface area contributed by atoms with Crippen LogP contribution in [0.15, 0.2) is 24.3 Å². The van der Waals surface area contributed by atoms with Gasteiger partial charge in [-0.15, -0.1) is 11.3 Å². The van der Waals surface area contributed by atoms with Crippen molar-refractivity contribution in [3.8, 4) is 11.3 Å². The summed E-state index contributed by atoms with van der Waals surface area (Å²) in [6, 6.07) is 8.74. The van der Waals surface area contributed by atoms with E-state index in [0.29, 0.717) is 12.5 Å². The molecule has 4 heteroatoms. The minimum absolute atomic E-state index is 0.185. The first kappa shape index (κ1) is 16.1. The van der Waals surface area contributed by atoms with Gasteiger partial charge in [0.1, 0.15) is 0 Å². The molecular weight excluding hydrogens is 280 g/mol. The molecule has 0 saturated heterocycles. The summed E-state index contributed by atoms with van der Waals surface area (Å²) in [5.74, 6) is 0.559. The molecule has 21 heavy (non-hydrogen) atoms. The Labute approximate surface area is 131 Å². The standard InChI is InChI=1S/C17H24N2OS/c1-12(2)14-4-6-15(7-5-14)17-13(3)21-16(19-17)8-9-18-10-11-20/h4-7,12,18,20H,8-11H2,1-3H3. The molecule has 0 aliphatic rings. The SMILES string of the molecule is Cc1sc(CCNCCO)nc1-c1ccc(C(C)C)cc1. The van der Waals surface area contributed by atoms with Gasteiger partial charge in [0, 0.05) is 30.0 Å². The number of hydrogen-bond acceptors (Lipinski definition) is 4. The average Bonchev–Trinajstić information content (AvgIpc) is 2.85. The van der Waals surface area contributed by atoms with Crippen molar-refractivity contribution in [1.82, 2.24) is 10.3 Å². The number of rotatable bonds is 7. The van der Waals surface area contributed by atoms with Gasteiger partial charge in [0.05, 0.1) is 17.3 Å². The number of thiazole rings is 1. The lowest BCUT2D eigenvalue weighted by Crippen LogP contribution is -2.20. The highest BCUT2D eigenvalue weighted by Crippen LogP contribution is 2.28. The normalized spacial score (nSPS) is 11.3. The molecule has 0 bridgehead atoms. The second-order valence-corrected chi connectivity index (χ2v) is 6.80. The summed E-state index contributed by atoms with van der Waals surface area (Å²) in [5.41, 5.74) is 3.66. The smallest absolute Gasteiger partial charge is 0.0948 e. The lowest BCUT2D eigenvalue weighted by molar-refractivity contribution is 0.293. The Bertz CT molecular complexity index is 561. The molecular formula is C17H24N2OS. The van der Waals surface area contributed by atoms with E-state index in [4.69, 9.17) is 10.1 Å². The minimum atomic E-state index is 0.185. The molecule has 2 N–H and O–H groups in total. The highest BCUT2D eigenvalue weighted by Gasteiger charge is 2.10. The second kappa shape index (κ2) is 7.69. The van der Waals surface area contributed by atoms with Crippen LogP contribution in [-0.2, 0) is 6.42 Å². The van der Waals surface area contributed by atoms with Crippen molar-refractivity contribution < 1.29 is 5.11 Å². The van der Waals surface area contributed by atoms with E-state index in [-0.39, 0.29) is 6.61 Å². The third-order valence-corrected chi connectivity index (χ3v) is 4.53. The molecule has 0 fully saturated rings. The lowest BCUT2D eigenvalue weighted by atomic mass is 10.0. The van der Waals surface area contributed by atoms with Crippen molar-refractivity contribution >= 4 is 11.3 Å². The third kappa shape index (κ3) is 4.37. The molecule has 114 valence electrons. The highest BCUT2D eigenvalue weighted by molar-refractivity contribution is 7.12. The van der Waals surface area contributed by atoms with Crippen LogP contribution in [0.1, 0.15) is 35.2 Å². The van der Waals surface area contributed by atoms with E-state index in [2.05, 4.69) is 50.4 Å². The number of benzene rings is 1. The van der Waals surface area contributed by atoms with Crippen LogP contribution in [0.2, 0.25) is 0 Å². The van der Waals surface area contributed by atoms with E-state index >= 15 is 0 Å². The van der Waals surface area contributed by atoms with Crippen molar-refractivity contribution in [2.75, 3.05) is 19.7 Å². The Balaban J connectivity index is 2.07. The Morgan fingerprint density at radius 1 is 1.19 bits per heavy atom. The largest absolute Gasteiger partial charge is 0.395 e. The van der Waals surface area contributed by atoms with Gasteiger partial charge in [-0.25, -0.2) is 4.98 Å². The molecule has 1 heterocycles. The zero-order valence-electron chi connectivity index (χ0n) is 13.0. The summed E-state index contributed by atoms with van der Waals surface area (Å²) in [5, 5.41) is 13.1. The van der Waals surface area contributed by atoms with Gasteiger partial charge in [-0.05, 0) is 18.4 Å². The van der Waals surface area contributed by atoms with E-state index in [1.807, 2.05) is 0 Å². The summed E-state index contributed by atoms with van der Waals surface area (Å²) >= 11 is 1.76. The molecule has 0 aliphatic heterocycles. The van der Waals surface area contributed by atoms with Crippen LogP contribution in [0, 0.1) is 6.92 Å². The molecule has 0 spiro atoms. The van der Waals surface area contributed by atoms with Crippen LogP contribution in [0.25, 0.3) is 11.3 Å². The molecule has 0 atom stereocenters. The van der Waals surface area contributed by atoms with E-state index in [9.17, 15) is 0 Å². The molecule has 2 rings (SSSR count). The molecule has 1 aromatic carbocycles. The number of aliphatic hydroxyl groups excluding tert-OH is 1. The maximum absolute atomic E-state index is 8.75. The van der Waals surface area contributed by atoms with Crippen LogP contribution < -0.4 is 5.32 Å². The summed E-state index contributed by atoms with van der Waals surface area (Å²) in [6.45, 7) is 8.24. The average molecular weight is 304 g/mol. The second-order valence-electron chi connectivity index (χ2n) is 5.51. The Morgan fingerprint density at radius 2 is 1.90 bits per heavy atom. The Kier molecular flexibility index (Phi) is 5.91. The Hall–Kier alpha value is -1.23. The third-order valence-electron chi connectivity index (χ3n) is 3.50. The predicted octanol–water partition coefficient (Wildman–Crippen LogP) is 3.37. The van der Waals surface area contributed by atoms with E-state index in [1.165, 1.54) is 16.0 Å². The van der Waals surface area contributed by atoms with Crippen molar-refractivity contribution in [2.24, 2.45) is 0 Å². The molecule has 0 radical (unpaired) electrons. The molecule has 0 unspecified atom stereocenters. The fourth-order valence-corrected chi connectivity index (χ4v) is 3.21. The maximum atomic E-state index is 8.75. The van der Waals surface area contributed by atoms with Gasteiger partial charge in [0.15, 0.2) is 0 Å². The first-order chi connectivity index (χ1) is 10.1. The van der Waals surface area contributed by atoms with Gasteiger partial charge >= 0.3 is 0 Å². The summed E-state index contributed by atoms with van der Waals surface area (Å²) < 4.78 is 0. The summed E-state index contributed by atoms with van der Waals surface area (Å²) in [6.07, 6.45) is 0.912. The van der Waals surface area contributed by atoms with Crippen LogP contribution in [-0.4, -0.2) is 29.8 Å². The van der Waals surface area contributed by atoms with Crippen LogP contribution in [0.5, 0.6) is 0 Å². The number of nitrogens with zero attached hydrogens (tertiary/aromatic N) is 1. The van der Waals surface area contributed by atoms with Gasteiger partial charge in [-0.1, -0.05) is 38.1 Å². The van der Waals surface area contributed by atoms with Crippen LogP contribution in [0.4, 0.5) is 0 Å². The molecule has 1 aromatic heterocycles. The van der Waals surface area contributed by atoms with Crippen LogP contribution in [0.3, 0.4) is 0 Å². The fraction of sp³-hybridized carbons (Fsp3) is 0.471. The van der Waals surface area contributed by atoms with Crippen LogP contribution >= 0.6 is 11.3 Å². The summed E-state index contributed by atoms with van der Waals surface area (Å²) in [4.78, 5) is 6.04. The fourth-order valence-electron chi connectivity index (χ4n) is 2.25. The first-order valence-electron chi connectivity index (χ1n) is 7.50. The minimum Gasteiger partial charge on any atom is -0.395 e. The highest BCUT2D eigenvalue weighted by atomic mass is 32.1. The van der Waals surface area contributed by atoms with E-state index < -0.39 is 0 Å². The van der Waals surface area contributed by atoms with E-state index in [1.54, 1.807) is 11.3 Å². The van der Waals surface area contributed by atoms with Crippen molar-refractivity contribution in [3.63, 3.8) is 0 Å². The topological polar surface area (TPSA) is 45.1 Å². The molecule has 0 aliphatic carbocycles. The number of nitrogens with one attached hydrogen (secondary N) is 1. The predicted molar refractivity (Wildman–Crippen MR) is 90.0 cm³/mol. The molecule has 0 saturated carbocycles. The van der Waals surface area contributed by atoms with Crippen molar-refractivity contribution in [1.29, 1.82) is 0 Å². The van der Waals surface area contributed by atoms with Crippen molar-refractivity contribution in [3.05, 3.63) is 39.7 Å². The van der Waals surface area contributed by atoms with Gasteiger partial charge < -0.3 is 10.4 Å². The number of hydrogen-bond donors (Lipinski definition) is 2. The molecule has 3 nitrogen and oxygen atoms in total. The number of aryl methyl sites for hydroxylation is 1. The number of aromatic nitrogens is 1. The van der Waals surface area contributed by atoms with Gasteiger partial charge in [0.2, 0.25) is 0 Å². The quantitative estimate of drug-likeness (QED) is 0.771. The maximum Gasteiger partial charge on any atom is 0.0948 e. The lowest BCUT2D eigenvalue weighted by Gasteiger charge is -2.06. The van der Waals surface area contributed by atoms with Crippen molar-refractivity contribution in [2.45, 2.75) is 33.1 Å². The summed E-state index contributed by atoms with van der Waals surface area (Å²) in [7, 11) is 0. The van der Waals surface area contributed by atoms with E-state index in [0.717, 1.165) is 23.7 Å². The Morgan fingerprint density at radius 3 is 2.52 bits per heavy atom. The number of aliphatic hydroxyl groups is 1. The van der Waals surface area contributed by atoms with Gasteiger partial charge in [-0.2, -0.15) is 0 Å². The van der Waals surface area contributed by atoms with Gasteiger partial charge in [-0.3, -0.25) is 0 Å². The first-order valence-corrected chi connectivity index (χ1v) is 8.31. The zero-order chi connectivity index (χ0) is 15.2. The molecule has 0 amide bonds. The zero-order valence-corrected chi connectivity index (χ0v) is 13.8. The van der Waals surface area contributed by atoms with Gasteiger partial charge in [0.25, 0.3) is 0 Å². The monoisotopic (exact) mass is 304 g/mol.